The van der Waals surface area contributed by atoms with Crippen molar-refractivity contribution in [3.05, 3.63) is 83.0 Å². The molecule has 0 aliphatic carbocycles. The Morgan fingerprint density at radius 1 is 1.17 bits per heavy atom. The molecule has 10 nitrogen and oxygen atoms in total. The number of halogens is 1. The van der Waals surface area contributed by atoms with Gasteiger partial charge >= 0.3 is 5.97 Å². The van der Waals surface area contributed by atoms with Gasteiger partial charge in [0.1, 0.15) is 11.8 Å². The molecule has 2 heterocycles. The van der Waals surface area contributed by atoms with Crippen LogP contribution < -0.4 is 34.8 Å². The van der Waals surface area contributed by atoms with Gasteiger partial charge in [-0.1, -0.05) is 36.5 Å². The van der Waals surface area contributed by atoms with Crippen molar-refractivity contribution < 1.29 is 28.5 Å². The Kier molecular flexibility index (Phi) is 9.66. The number of esters is 1. The second-order valence-corrected chi connectivity index (χ2v) is 10.8. The van der Waals surface area contributed by atoms with Crippen LogP contribution in [-0.2, 0) is 14.3 Å². The van der Waals surface area contributed by atoms with Crippen LogP contribution in [0.5, 0.6) is 17.2 Å². The molecule has 12 heteroatoms. The van der Waals surface area contributed by atoms with E-state index in [1.54, 1.807) is 57.4 Å². The molecule has 1 atom stereocenters. The van der Waals surface area contributed by atoms with Crippen LogP contribution in [0.25, 0.3) is 6.08 Å². The van der Waals surface area contributed by atoms with Gasteiger partial charge in [0.2, 0.25) is 0 Å². The summed E-state index contributed by atoms with van der Waals surface area (Å²) >= 11 is 4.64. The minimum Gasteiger partial charge on any atom is -0.493 e. The van der Waals surface area contributed by atoms with E-state index in [1.165, 1.54) is 15.9 Å². The number of hydrogen-bond acceptors (Lipinski definition) is 9. The minimum absolute atomic E-state index is 0.165. The molecule has 0 saturated carbocycles. The summed E-state index contributed by atoms with van der Waals surface area (Å²) in [5.74, 6) is 0.221. The average molecular weight is 645 g/mol. The largest absolute Gasteiger partial charge is 0.493 e. The number of methoxy groups -OCH3 is 1. The summed E-state index contributed by atoms with van der Waals surface area (Å²) in [4.78, 5) is 43.4. The summed E-state index contributed by atoms with van der Waals surface area (Å²) in [5.41, 5.74) is 6.83. The molecular weight excluding hydrogens is 614 g/mol. The second kappa shape index (κ2) is 13.2. The number of allylic oxidation sites excluding steroid dienone is 1. The van der Waals surface area contributed by atoms with Gasteiger partial charge in [0.05, 0.1) is 40.6 Å². The first kappa shape index (κ1) is 30.1. The highest BCUT2D eigenvalue weighted by Gasteiger charge is 2.36. The molecule has 216 valence electrons. The third kappa shape index (κ3) is 6.38. The maximum atomic E-state index is 14.0. The molecule has 1 aliphatic rings. The second-order valence-electron chi connectivity index (χ2n) is 8.97. The van der Waals surface area contributed by atoms with Gasteiger partial charge in [-0.3, -0.25) is 14.2 Å². The van der Waals surface area contributed by atoms with Crippen LogP contribution in [0.1, 0.15) is 44.4 Å². The van der Waals surface area contributed by atoms with Crippen molar-refractivity contribution in [1.82, 2.24) is 4.57 Å². The summed E-state index contributed by atoms with van der Waals surface area (Å²) in [6, 6.07) is 9.72. The number of para-hydroxylation sites is 1. The first-order valence-corrected chi connectivity index (χ1v) is 14.5. The first-order valence-electron chi connectivity index (χ1n) is 12.9. The van der Waals surface area contributed by atoms with E-state index in [4.69, 9.17) is 24.7 Å². The minimum atomic E-state index is -0.856. The maximum absolute atomic E-state index is 14.0. The lowest BCUT2D eigenvalue weighted by Crippen LogP contribution is -2.40. The number of carbonyl (C=O) groups excluding carboxylic acids is 2. The molecule has 0 radical (unpaired) electrons. The molecule has 0 bridgehead atoms. The molecule has 2 N–H and O–H groups in total. The van der Waals surface area contributed by atoms with E-state index in [0.717, 1.165) is 6.42 Å². The Morgan fingerprint density at radius 2 is 1.95 bits per heavy atom. The van der Waals surface area contributed by atoms with Crippen LogP contribution in [0.15, 0.2) is 61.9 Å². The molecule has 1 aromatic heterocycles. The zero-order valence-electron chi connectivity index (χ0n) is 23.1. The van der Waals surface area contributed by atoms with Crippen molar-refractivity contribution in [3.8, 4) is 17.2 Å². The van der Waals surface area contributed by atoms with Crippen LogP contribution in [0.2, 0.25) is 0 Å². The van der Waals surface area contributed by atoms with Crippen LogP contribution in [0, 0.1) is 0 Å². The Morgan fingerprint density at radius 3 is 2.61 bits per heavy atom. The number of fused-ring (bicyclic) bond motifs is 1. The highest BCUT2D eigenvalue weighted by Crippen LogP contribution is 2.41. The van der Waals surface area contributed by atoms with Crippen molar-refractivity contribution in [2.24, 2.45) is 10.7 Å². The topological polar surface area (TPSA) is 131 Å². The van der Waals surface area contributed by atoms with E-state index in [9.17, 15) is 14.4 Å². The fourth-order valence-electron chi connectivity index (χ4n) is 4.38. The quantitative estimate of drug-likeness (QED) is 0.317. The number of ether oxygens (including phenoxy) is 4. The number of benzene rings is 2. The van der Waals surface area contributed by atoms with Crippen LogP contribution in [-0.4, -0.2) is 43.4 Å². The van der Waals surface area contributed by atoms with E-state index in [-0.39, 0.29) is 24.3 Å². The highest BCUT2D eigenvalue weighted by atomic mass is 79.9. The number of rotatable bonds is 11. The monoisotopic (exact) mass is 643 g/mol. The van der Waals surface area contributed by atoms with E-state index >= 15 is 0 Å². The molecule has 0 spiro atoms. The summed E-state index contributed by atoms with van der Waals surface area (Å²) in [5, 5.41) is 0. The Hall–Kier alpha value is -3.90. The SMILES string of the molecule is CCCOc1c(OC)cccc1C1C(C(=O)OCC)=C(C)N=c2sc(=Cc3ccc(OCC(N)=O)c(Br)c3)c(=O)n21. The highest BCUT2D eigenvalue weighted by molar-refractivity contribution is 9.10. The smallest absolute Gasteiger partial charge is 0.338 e. The van der Waals surface area contributed by atoms with Gasteiger partial charge in [0.15, 0.2) is 22.9 Å². The first-order chi connectivity index (χ1) is 19.7. The van der Waals surface area contributed by atoms with Gasteiger partial charge in [-0.2, -0.15) is 0 Å². The van der Waals surface area contributed by atoms with E-state index in [2.05, 4.69) is 20.9 Å². The zero-order valence-corrected chi connectivity index (χ0v) is 25.5. The number of thiazole rings is 1. The predicted octanol–water partition coefficient (Wildman–Crippen LogP) is 3.22. The average Bonchev–Trinajstić information content (AvgIpc) is 3.24. The van der Waals surface area contributed by atoms with Crippen LogP contribution in [0.3, 0.4) is 0 Å². The molecule has 3 aromatic rings. The Bertz CT molecular complexity index is 1690. The van der Waals surface area contributed by atoms with E-state index in [1.807, 2.05) is 13.0 Å². The lowest BCUT2D eigenvalue weighted by molar-refractivity contribution is -0.139. The van der Waals surface area contributed by atoms with Crippen molar-refractivity contribution in [3.63, 3.8) is 0 Å². The number of nitrogens with zero attached hydrogens (tertiary/aromatic N) is 2. The molecule has 4 rings (SSSR count). The molecule has 1 aliphatic heterocycles. The van der Waals surface area contributed by atoms with Gasteiger partial charge < -0.3 is 24.7 Å². The van der Waals surface area contributed by atoms with Gasteiger partial charge in [-0.15, -0.1) is 0 Å². The fourth-order valence-corrected chi connectivity index (χ4v) is 5.93. The van der Waals surface area contributed by atoms with E-state index in [0.29, 0.717) is 54.5 Å². The number of nitrogens with two attached hydrogens (primary N) is 1. The van der Waals surface area contributed by atoms with Crippen molar-refractivity contribution >= 4 is 45.2 Å². The molecular formula is C29H30BrN3O7S. The fraction of sp³-hybridized carbons (Fsp3) is 0.310. The van der Waals surface area contributed by atoms with Crippen LogP contribution in [0.4, 0.5) is 0 Å². The summed E-state index contributed by atoms with van der Waals surface area (Å²) in [6.07, 6.45) is 2.48. The molecule has 1 unspecified atom stereocenters. The molecule has 1 amide bonds. The van der Waals surface area contributed by atoms with Gasteiger partial charge in [-0.05, 0) is 66.0 Å². The molecule has 0 saturated heterocycles. The Labute approximate surface area is 248 Å². The Balaban J connectivity index is 1.91. The number of amides is 1. The van der Waals surface area contributed by atoms with Crippen molar-refractivity contribution in [1.29, 1.82) is 0 Å². The van der Waals surface area contributed by atoms with Gasteiger partial charge in [-0.25, -0.2) is 9.79 Å². The lowest BCUT2D eigenvalue weighted by Gasteiger charge is -2.27. The van der Waals surface area contributed by atoms with Crippen molar-refractivity contribution in [2.75, 3.05) is 26.9 Å². The normalized spacial score (nSPS) is 14.8. The maximum Gasteiger partial charge on any atom is 0.338 e. The van der Waals surface area contributed by atoms with Crippen molar-refractivity contribution in [2.45, 2.75) is 33.2 Å². The standard InChI is InChI=1S/C29H30BrN3O7S/c1-5-12-39-26-18(8-7-9-21(26)37-4)25-24(28(36)38-6-2)16(3)32-29-33(25)27(35)22(41-29)14-17-10-11-20(19(30)13-17)40-15-23(31)34/h7-11,13-14,25H,5-6,12,15H2,1-4H3,(H2,31,34). The number of aromatic nitrogens is 1. The van der Waals surface area contributed by atoms with Crippen LogP contribution >= 0.6 is 27.3 Å². The number of primary amides is 1. The summed E-state index contributed by atoms with van der Waals surface area (Å²) in [6.45, 7) is 5.76. The van der Waals surface area contributed by atoms with Gasteiger partial charge in [0, 0.05) is 5.56 Å². The number of carbonyl (C=O) groups is 2. The van der Waals surface area contributed by atoms with Gasteiger partial charge in [0.25, 0.3) is 11.5 Å². The summed E-state index contributed by atoms with van der Waals surface area (Å²) < 4.78 is 25.0. The summed E-state index contributed by atoms with van der Waals surface area (Å²) in [7, 11) is 1.54. The molecule has 0 fully saturated rings. The lowest BCUT2D eigenvalue weighted by atomic mass is 9.94. The zero-order chi connectivity index (χ0) is 29.7. The third-order valence-electron chi connectivity index (χ3n) is 6.12. The third-order valence-corrected chi connectivity index (χ3v) is 7.72. The number of hydrogen-bond donors (Lipinski definition) is 1. The van der Waals surface area contributed by atoms with E-state index < -0.39 is 17.9 Å². The molecule has 41 heavy (non-hydrogen) atoms. The molecule has 2 aromatic carbocycles. The predicted molar refractivity (Wildman–Crippen MR) is 158 cm³/mol.